The SMILES string of the molecule is COc1ccc(CO)cc1S(=O)(=O)NCc1nc(C)no1. The highest BCUT2D eigenvalue weighted by molar-refractivity contribution is 7.89. The number of ether oxygens (including phenoxy) is 1. The van der Waals surface area contributed by atoms with E-state index in [9.17, 15) is 8.42 Å². The summed E-state index contributed by atoms with van der Waals surface area (Å²) in [6.45, 7) is 1.24. The molecule has 0 saturated carbocycles. The van der Waals surface area contributed by atoms with Crippen molar-refractivity contribution in [1.29, 1.82) is 0 Å². The van der Waals surface area contributed by atoms with Gasteiger partial charge in [-0.15, -0.1) is 0 Å². The van der Waals surface area contributed by atoms with Crippen molar-refractivity contribution >= 4 is 10.0 Å². The Balaban J connectivity index is 2.26. The standard InChI is InChI=1S/C12H15N3O5S/c1-8-14-12(20-15-8)6-13-21(17,18)11-5-9(7-16)3-4-10(11)19-2/h3-5,13,16H,6-7H2,1-2H3. The van der Waals surface area contributed by atoms with Gasteiger partial charge in [0.1, 0.15) is 10.6 Å². The lowest BCUT2D eigenvalue weighted by atomic mass is 10.2. The molecule has 0 fully saturated rings. The Bertz CT molecular complexity index is 726. The van der Waals surface area contributed by atoms with Gasteiger partial charge in [0, 0.05) is 0 Å². The molecule has 0 atom stereocenters. The van der Waals surface area contributed by atoms with E-state index in [4.69, 9.17) is 14.4 Å². The van der Waals surface area contributed by atoms with E-state index in [-0.39, 0.29) is 29.7 Å². The fourth-order valence-electron chi connectivity index (χ4n) is 1.68. The number of hydrogen-bond acceptors (Lipinski definition) is 7. The Morgan fingerprint density at radius 3 is 2.76 bits per heavy atom. The highest BCUT2D eigenvalue weighted by atomic mass is 32.2. The number of aliphatic hydroxyl groups is 1. The van der Waals surface area contributed by atoms with Gasteiger partial charge < -0.3 is 14.4 Å². The number of benzene rings is 1. The van der Waals surface area contributed by atoms with Crippen LogP contribution in [0.1, 0.15) is 17.3 Å². The molecule has 21 heavy (non-hydrogen) atoms. The number of hydrogen-bond donors (Lipinski definition) is 2. The summed E-state index contributed by atoms with van der Waals surface area (Å²) in [6, 6.07) is 4.41. The van der Waals surface area contributed by atoms with Crippen LogP contribution < -0.4 is 9.46 Å². The fraction of sp³-hybridized carbons (Fsp3) is 0.333. The Labute approximate surface area is 121 Å². The number of sulfonamides is 1. The van der Waals surface area contributed by atoms with Crippen molar-refractivity contribution in [2.75, 3.05) is 7.11 Å². The molecule has 1 heterocycles. The van der Waals surface area contributed by atoms with E-state index in [1.54, 1.807) is 13.0 Å². The first-order chi connectivity index (χ1) is 9.96. The molecular formula is C12H15N3O5S. The van der Waals surface area contributed by atoms with Crippen LogP contribution in [0, 0.1) is 6.92 Å². The van der Waals surface area contributed by atoms with Crippen molar-refractivity contribution in [2.45, 2.75) is 25.0 Å². The van der Waals surface area contributed by atoms with Crippen LogP contribution >= 0.6 is 0 Å². The molecule has 0 bridgehead atoms. The largest absolute Gasteiger partial charge is 0.495 e. The molecule has 1 aromatic heterocycles. The zero-order valence-corrected chi connectivity index (χ0v) is 12.3. The lowest BCUT2D eigenvalue weighted by molar-refractivity contribution is 0.281. The highest BCUT2D eigenvalue weighted by Gasteiger charge is 2.21. The van der Waals surface area contributed by atoms with E-state index in [2.05, 4.69) is 14.9 Å². The molecule has 0 spiro atoms. The molecule has 114 valence electrons. The third-order valence-electron chi connectivity index (χ3n) is 2.68. The van der Waals surface area contributed by atoms with Crippen LogP contribution in [-0.2, 0) is 23.2 Å². The Hall–Kier alpha value is -1.97. The van der Waals surface area contributed by atoms with Gasteiger partial charge in [0.2, 0.25) is 15.9 Å². The number of nitrogens with zero attached hydrogens (tertiary/aromatic N) is 2. The van der Waals surface area contributed by atoms with Gasteiger partial charge in [-0.3, -0.25) is 0 Å². The number of aliphatic hydroxyl groups excluding tert-OH is 1. The molecule has 0 aliphatic rings. The summed E-state index contributed by atoms with van der Waals surface area (Å²) < 4.78 is 36.8. The molecule has 0 unspecified atom stereocenters. The summed E-state index contributed by atoms with van der Waals surface area (Å²) in [6.07, 6.45) is 0. The van der Waals surface area contributed by atoms with Crippen molar-refractivity contribution in [3.8, 4) is 5.75 Å². The maximum absolute atomic E-state index is 12.3. The number of nitrogens with one attached hydrogen (secondary N) is 1. The molecular weight excluding hydrogens is 298 g/mol. The average Bonchev–Trinajstić information content (AvgIpc) is 2.90. The molecule has 0 aliphatic heterocycles. The van der Waals surface area contributed by atoms with Crippen molar-refractivity contribution in [1.82, 2.24) is 14.9 Å². The zero-order valence-electron chi connectivity index (χ0n) is 11.5. The Morgan fingerprint density at radius 1 is 1.43 bits per heavy atom. The van der Waals surface area contributed by atoms with Crippen LogP contribution in [-0.4, -0.2) is 30.8 Å². The van der Waals surface area contributed by atoms with Crippen molar-refractivity contribution in [2.24, 2.45) is 0 Å². The smallest absolute Gasteiger partial charge is 0.244 e. The summed E-state index contributed by atoms with van der Waals surface area (Å²) in [4.78, 5) is 3.85. The Morgan fingerprint density at radius 2 is 2.19 bits per heavy atom. The second-order valence-electron chi connectivity index (χ2n) is 4.20. The van der Waals surface area contributed by atoms with Gasteiger partial charge in [-0.25, -0.2) is 13.1 Å². The van der Waals surface area contributed by atoms with Crippen LogP contribution in [0.25, 0.3) is 0 Å². The van der Waals surface area contributed by atoms with Crippen molar-refractivity contribution < 1.29 is 22.8 Å². The summed E-state index contributed by atoms with van der Waals surface area (Å²) in [5.41, 5.74) is 0.463. The second kappa shape index (κ2) is 6.20. The zero-order chi connectivity index (χ0) is 15.5. The van der Waals surface area contributed by atoms with Crippen LogP contribution in [0.2, 0.25) is 0 Å². The van der Waals surface area contributed by atoms with E-state index >= 15 is 0 Å². The maximum atomic E-state index is 12.3. The van der Waals surface area contributed by atoms with Gasteiger partial charge in [0.05, 0.1) is 20.3 Å². The first kappa shape index (κ1) is 15.4. The van der Waals surface area contributed by atoms with E-state index in [1.165, 1.54) is 19.2 Å². The molecule has 0 radical (unpaired) electrons. The molecule has 0 amide bonds. The van der Waals surface area contributed by atoms with Gasteiger partial charge >= 0.3 is 0 Å². The van der Waals surface area contributed by atoms with Crippen LogP contribution in [0.4, 0.5) is 0 Å². The lowest BCUT2D eigenvalue weighted by Gasteiger charge is -2.11. The number of rotatable bonds is 6. The monoisotopic (exact) mass is 313 g/mol. The minimum Gasteiger partial charge on any atom is -0.495 e. The van der Waals surface area contributed by atoms with Gasteiger partial charge in [0.15, 0.2) is 5.82 Å². The van der Waals surface area contributed by atoms with Crippen LogP contribution in [0.3, 0.4) is 0 Å². The summed E-state index contributed by atoms with van der Waals surface area (Å²) in [7, 11) is -2.47. The summed E-state index contributed by atoms with van der Waals surface area (Å²) >= 11 is 0. The summed E-state index contributed by atoms with van der Waals surface area (Å²) in [5.74, 6) is 0.763. The minimum absolute atomic E-state index is 0.0622. The summed E-state index contributed by atoms with van der Waals surface area (Å²) in [5, 5.41) is 12.7. The molecule has 9 heteroatoms. The van der Waals surface area contributed by atoms with E-state index in [1.807, 2.05) is 0 Å². The van der Waals surface area contributed by atoms with Crippen LogP contribution in [0.15, 0.2) is 27.6 Å². The van der Waals surface area contributed by atoms with E-state index < -0.39 is 10.0 Å². The van der Waals surface area contributed by atoms with Gasteiger partial charge in [0.25, 0.3) is 0 Å². The van der Waals surface area contributed by atoms with Gasteiger partial charge in [-0.1, -0.05) is 11.2 Å². The maximum Gasteiger partial charge on any atom is 0.244 e. The average molecular weight is 313 g/mol. The molecule has 1 aromatic carbocycles. The lowest BCUT2D eigenvalue weighted by Crippen LogP contribution is -2.24. The predicted molar refractivity (Wildman–Crippen MR) is 72.0 cm³/mol. The molecule has 0 aliphatic carbocycles. The molecule has 8 nitrogen and oxygen atoms in total. The number of aromatic nitrogens is 2. The first-order valence-corrected chi connectivity index (χ1v) is 7.51. The minimum atomic E-state index is -3.84. The van der Waals surface area contributed by atoms with E-state index in [0.29, 0.717) is 11.4 Å². The third kappa shape index (κ3) is 3.57. The van der Waals surface area contributed by atoms with Crippen LogP contribution in [0.5, 0.6) is 5.75 Å². The predicted octanol–water partition coefficient (Wildman–Crippen LogP) is 0.357. The van der Waals surface area contributed by atoms with Crippen molar-refractivity contribution in [3.63, 3.8) is 0 Å². The van der Waals surface area contributed by atoms with E-state index in [0.717, 1.165) is 0 Å². The van der Waals surface area contributed by atoms with Crippen molar-refractivity contribution in [3.05, 3.63) is 35.5 Å². The highest BCUT2D eigenvalue weighted by Crippen LogP contribution is 2.25. The third-order valence-corrected chi connectivity index (χ3v) is 4.11. The van der Waals surface area contributed by atoms with Gasteiger partial charge in [-0.2, -0.15) is 4.98 Å². The molecule has 0 saturated heterocycles. The Kier molecular flexibility index (Phi) is 4.56. The first-order valence-electron chi connectivity index (χ1n) is 6.03. The fourth-order valence-corrected chi connectivity index (χ4v) is 2.87. The van der Waals surface area contributed by atoms with Gasteiger partial charge in [-0.05, 0) is 24.6 Å². The molecule has 2 rings (SSSR count). The molecule has 2 N–H and O–H groups in total. The molecule has 2 aromatic rings. The quantitative estimate of drug-likeness (QED) is 0.791. The normalized spacial score (nSPS) is 11.6. The number of aryl methyl sites for hydroxylation is 1. The topological polar surface area (TPSA) is 115 Å². The second-order valence-corrected chi connectivity index (χ2v) is 5.94. The number of methoxy groups -OCH3 is 1.